The van der Waals surface area contributed by atoms with Crippen molar-refractivity contribution in [1.82, 2.24) is 39.8 Å². The summed E-state index contributed by atoms with van der Waals surface area (Å²) in [6.45, 7) is 10.1. The first-order valence-electron chi connectivity index (χ1n) is 17.6. The molecule has 1 unspecified atom stereocenters. The highest BCUT2D eigenvalue weighted by Gasteiger charge is 2.32. The van der Waals surface area contributed by atoms with Gasteiger partial charge in [-0.3, -0.25) is 34.3 Å². The van der Waals surface area contributed by atoms with E-state index in [0.717, 1.165) is 89.1 Å². The fourth-order valence-corrected chi connectivity index (χ4v) is 7.73. The van der Waals surface area contributed by atoms with Crippen molar-refractivity contribution in [3.8, 4) is 5.75 Å². The van der Waals surface area contributed by atoms with Gasteiger partial charge in [-0.1, -0.05) is 0 Å². The molecule has 4 saturated heterocycles. The molecule has 49 heavy (non-hydrogen) atoms. The molecule has 0 bridgehead atoms. The molecule has 7 rings (SSSR count). The van der Waals surface area contributed by atoms with Gasteiger partial charge in [-0.25, -0.2) is 14.6 Å². The number of benzene rings is 1. The number of likely N-dealkylation sites (tertiary alicyclic amines) is 2. The van der Waals surface area contributed by atoms with Gasteiger partial charge in [0.15, 0.2) is 5.75 Å². The zero-order valence-electron chi connectivity index (χ0n) is 28.1. The molecule has 3 aromatic rings. The number of rotatable bonds is 8. The lowest BCUT2D eigenvalue weighted by molar-refractivity contribution is -0.136. The van der Waals surface area contributed by atoms with Gasteiger partial charge in [0.1, 0.15) is 12.4 Å². The van der Waals surface area contributed by atoms with Gasteiger partial charge in [0.05, 0.1) is 36.6 Å². The quantitative estimate of drug-likeness (QED) is 0.347. The smallest absolute Gasteiger partial charge is 0.275 e. The van der Waals surface area contributed by atoms with Gasteiger partial charge in [0.2, 0.25) is 11.8 Å². The average Bonchev–Trinajstić information content (AvgIpc) is 3.13. The van der Waals surface area contributed by atoms with Gasteiger partial charge in [0, 0.05) is 75.9 Å². The first-order valence-corrected chi connectivity index (χ1v) is 17.6. The Bertz CT molecular complexity index is 1730. The van der Waals surface area contributed by atoms with Gasteiger partial charge in [0.25, 0.3) is 11.5 Å². The topological polar surface area (TPSA) is 146 Å². The maximum absolute atomic E-state index is 13.3. The number of fused-ring (bicyclic) bond motifs is 1. The normalized spacial score (nSPS) is 22.0. The van der Waals surface area contributed by atoms with E-state index in [2.05, 4.69) is 35.1 Å². The van der Waals surface area contributed by atoms with E-state index in [-0.39, 0.29) is 30.2 Å². The number of aryl methyl sites for hydroxylation is 1. The number of nitrogens with one attached hydrogen (secondary N) is 1. The van der Waals surface area contributed by atoms with E-state index in [0.29, 0.717) is 41.9 Å². The minimum absolute atomic E-state index is 0.190. The zero-order valence-corrected chi connectivity index (χ0v) is 28.1. The number of piperidine rings is 3. The third kappa shape index (κ3) is 7.44. The van der Waals surface area contributed by atoms with Crippen LogP contribution in [0.1, 0.15) is 50.3 Å². The number of carbonyl (C=O) groups is 3. The Morgan fingerprint density at radius 3 is 2.35 bits per heavy atom. The number of carbonyl (C=O) groups excluding carboxylic acids is 3. The first kappa shape index (κ1) is 33.1. The van der Waals surface area contributed by atoms with Crippen LogP contribution in [-0.4, -0.2) is 124 Å². The van der Waals surface area contributed by atoms with Gasteiger partial charge < -0.3 is 14.5 Å². The number of imide groups is 1. The largest absolute Gasteiger partial charge is 0.490 e. The zero-order chi connectivity index (χ0) is 33.9. The van der Waals surface area contributed by atoms with Gasteiger partial charge in [-0.15, -0.1) is 0 Å². The molecule has 14 heteroatoms. The third-order valence-corrected chi connectivity index (χ3v) is 10.7. The Balaban J connectivity index is 0.860. The highest BCUT2D eigenvalue weighted by molar-refractivity contribution is 5.99. The second-order valence-electron chi connectivity index (χ2n) is 13.8. The Morgan fingerprint density at radius 1 is 0.898 bits per heavy atom. The molecule has 4 aliphatic rings. The number of piperazine rings is 1. The monoisotopic (exact) mass is 671 g/mol. The standard InChI is InChI=1S/C35H45N9O5/c1-24-30-18-27(2-3-29(30)35(48)44(39-24)31-4-5-32(45)38-34(31)47)42-16-14-41(15-17-42)26-8-10-40(11-9-26)21-33(46)43-12-6-25(7-13-43)22-49-28-19-36-23-37-20-28/h2-3,18-20,23,25-26,31H,4-17,21-22H2,1H3,(H,38,45,47). The van der Waals surface area contributed by atoms with Crippen LogP contribution >= 0.6 is 0 Å². The van der Waals surface area contributed by atoms with Crippen molar-refractivity contribution in [1.29, 1.82) is 0 Å². The molecule has 1 N–H and O–H groups in total. The van der Waals surface area contributed by atoms with Crippen molar-refractivity contribution < 1.29 is 19.1 Å². The number of amides is 3. The van der Waals surface area contributed by atoms with E-state index in [1.165, 1.54) is 11.0 Å². The van der Waals surface area contributed by atoms with Crippen LogP contribution in [0.4, 0.5) is 5.69 Å². The maximum Gasteiger partial charge on any atom is 0.275 e. The van der Waals surface area contributed by atoms with Crippen molar-refractivity contribution >= 4 is 34.2 Å². The van der Waals surface area contributed by atoms with Gasteiger partial charge in [-0.2, -0.15) is 5.10 Å². The average molecular weight is 672 g/mol. The Labute approximate surface area is 285 Å². The van der Waals surface area contributed by atoms with Gasteiger partial charge in [-0.05, 0) is 63.1 Å². The molecule has 0 spiro atoms. The van der Waals surface area contributed by atoms with E-state index < -0.39 is 11.9 Å². The lowest BCUT2D eigenvalue weighted by atomic mass is 9.97. The second kappa shape index (κ2) is 14.6. The number of aromatic nitrogens is 4. The minimum Gasteiger partial charge on any atom is -0.490 e. The van der Waals surface area contributed by atoms with Gasteiger partial charge >= 0.3 is 0 Å². The Morgan fingerprint density at radius 2 is 1.63 bits per heavy atom. The van der Waals surface area contributed by atoms with Crippen LogP contribution < -0.4 is 20.5 Å². The number of nitrogens with zero attached hydrogens (tertiary/aromatic N) is 8. The summed E-state index contributed by atoms with van der Waals surface area (Å²) in [5.74, 6) is 0.561. The van der Waals surface area contributed by atoms with Crippen molar-refractivity contribution in [3.63, 3.8) is 0 Å². The molecule has 4 fully saturated rings. The van der Waals surface area contributed by atoms with Crippen molar-refractivity contribution in [2.45, 2.75) is 57.5 Å². The molecule has 2 aromatic heterocycles. The molecule has 4 aliphatic heterocycles. The van der Waals surface area contributed by atoms with Crippen LogP contribution in [0.15, 0.2) is 41.7 Å². The predicted octanol–water partition coefficient (Wildman–Crippen LogP) is 1.38. The fraction of sp³-hybridized carbons (Fsp3) is 0.571. The second-order valence-corrected chi connectivity index (χ2v) is 13.8. The summed E-state index contributed by atoms with van der Waals surface area (Å²) in [5.41, 5.74) is 1.43. The van der Waals surface area contributed by atoms with E-state index >= 15 is 0 Å². The summed E-state index contributed by atoms with van der Waals surface area (Å²) in [6.07, 6.45) is 9.34. The summed E-state index contributed by atoms with van der Waals surface area (Å²) in [5, 5.41) is 8.13. The number of hydrogen-bond donors (Lipinski definition) is 1. The fourth-order valence-electron chi connectivity index (χ4n) is 7.73. The number of anilines is 1. The van der Waals surface area contributed by atoms with Crippen molar-refractivity contribution in [2.75, 3.05) is 70.4 Å². The van der Waals surface area contributed by atoms with Crippen LogP contribution in [0.2, 0.25) is 0 Å². The molecular weight excluding hydrogens is 626 g/mol. The van der Waals surface area contributed by atoms with Crippen LogP contribution in [0, 0.1) is 12.8 Å². The molecule has 6 heterocycles. The third-order valence-electron chi connectivity index (χ3n) is 10.7. The van der Waals surface area contributed by atoms with Crippen LogP contribution in [0.25, 0.3) is 10.8 Å². The van der Waals surface area contributed by atoms with E-state index in [4.69, 9.17) is 4.74 Å². The molecule has 260 valence electrons. The van der Waals surface area contributed by atoms with Crippen LogP contribution in [0.5, 0.6) is 5.75 Å². The highest BCUT2D eigenvalue weighted by atomic mass is 16.5. The van der Waals surface area contributed by atoms with Crippen LogP contribution in [0.3, 0.4) is 0 Å². The minimum atomic E-state index is -0.778. The lowest BCUT2D eigenvalue weighted by Crippen LogP contribution is -2.54. The summed E-state index contributed by atoms with van der Waals surface area (Å²) in [6, 6.07) is 5.61. The van der Waals surface area contributed by atoms with Crippen LogP contribution in [-0.2, 0) is 14.4 Å². The summed E-state index contributed by atoms with van der Waals surface area (Å²) in [4.78, 5) is 67.7. The summed E-state index contributed by atoms with van der Waals surface area (Å²) >= 11 is 0. The Hall–Kier alpha value is -4.43. The molecule has 1 aromatic carbocycles. The lowest BCUT2D eigenvalue weighted by Gasteiger charge is -2.43. The molecule has 3 amide bonds. The summed E-state index contributed by atoms with van der Waals surface area (Å²) in [7, 11) is 0. The molecule has 0 aliphatic carbocycles. The maximum atomic E-state index is 13.3. The molecular formula is C35H45N9O5. The molecule has 0 radical (unpaired) electrons. The molecule has 1 atom stereocenters. The Kier molecular flexibility index (Phi) is 9.85. The highest BCUT2D eigenvalue weighted by Crippen LogP contribution is 2.27. The number of ether oxygens (including phenoxy) is 1. The number of hydrogen-bond acceptors (Lipinski definition) is 11. The molecule has 0 saturated carbocycles. The van der Waals surface area contributed by atoms with E-state index in [1.54, 1.807) is 12.4 Å². The van der Waals surface area contributed by atoms with E-state index in [1.807, 2.05) is 30.0 Å². The first-order chi connectivity index (χ1) is 23.8. The molecule has 14 nitrogen and oxygen atoms in total. The van der Waals surface area contributed by atoms with Crippen molar-refractivity contribution in [2.24, 2.45) is 5.92 Å². The SMILES string of the molecule is Cc1nn(C2CCC(=O)NC2=O)c(=O)c2ccc(N3CCN(C4CCN(CC(=O)N5CCC(COc6cncnc6)CC5)CC4)CC3)cc12. The summed E-state index contributed by atoms with van der Waals surface area (Å²) < 4.78 is 7.07. The van der Waals surface area contributed by atoms with Crippen molar-refractivity contribution in [3.05, 3.63) is 53.0 Å². The predicted molar refractivity (Wildman–Crippen MR) is 182 cm³/mol. The van der Waals surface area contributed by atoms with E-state index in [9.17, 15) is 19.2 Å².